The Morgan fingerprint density at radius 3 is 1.44 bits per heavy atom. The van der Waals surface area contributed by atoms with Gasteiger partial charge in [0.2, 0.25) is 5.91 Å². The fraction of sp³-hybridized carbons (Fsp3) is 0.814. The van der Waals surface area contributed by atoms with Crippen LogP contribution < -0.4 is 89.5 Å². The number of guanidine groups is 4. The third-order valence-corrected chi connectivity index (χ3v) is 13.0. The van der Waals surface area contributed by atoms with Crippen molar-refractivity contribution in [1.29, 1.82) is 0 Å². The molecule has 0 bridgehead atoms. The van der Waals surface area contributed by atoms with Crippen LogP contribution in [0.2, 0.25) is 0 Å². The van der Waals surface area contributed by atoms with Gasteiger partial charge in [0.05, 0.1) is 55.0 Å². The summed E-state index contributed by atoms with van der Waals surface area (Å²) in [6.45, 7) is 1.41. The highest BCUT2D eigenvalue weighted by Gasteiger charge is 2.53. The molecule has 442 valence electrons. The summed E-state index contributed by atoms with van der Waals surface area (Å²) in [5.41, 5.74) is 67.2. The Balaban J connectivity index is 2.03. The van der Waals surface area contributed by atoms with E-state index in [1.54, 1.807) is 6.92 Å². The summed E-state index contributed by atoms with van der Waals surface area (Å²) < 4.78 is 24.9. The van der Waals surface area contributed by atoms with E-state index in [4.69, 9.17) is 70.6 Å². The maximum Gasteiger partial charge on any atom is 0.237 e. The van der Waals surface area contributed by atoms with E-state index in [1.165, 1.54) is 0 Å². The van der Waals surface area contributed by atoms with E-state index in [9.17, 15) is 49.8 Å². The number of nitrogens with one attached hydrogen (secondary N) is 7. The molecule has 19 atom stereocenters. The lowest BCUT2D eigenvalue weighted by atomic mass is 9.83. The molecule has 3 fully saturated rings. The van der Waals surface area contributed by atoms with Gasteiger partial charge in [0.25, 0.3) is 0 Å². The van der Waals surface area contributed by atoms with Crippen LogP contribution in [-0.2, 0) is 38.1 Å². The fourth-order valence-electron chi connectivity index (χ4n) is 8.64. The van der Waals surface area contributed by atoms with Crippen LogP contribution in [0.4, 0.5) is 0 Å². The highest BCUT2D eigenvalue weighted by Crippen LogP contribution is 2.34. The van der Waals surface area contributed by atoms with Crippen molar-refractivity contribution in [3.8, 4) is 0 Å². The quantitative estimate of drug-likeness (QED) is 0.00911. The summed E-state index contributed by atoms with van der Waals surface area (Å²) >= 11 is 0. The van der Waals surface area contributed by atoms with Crippen LogP contribution in [0.1, 0.15) is 64.7 Å². The first-order valence-corrected chi connectivity index (χ1v) is 25.4. The smallest absolute Gasteiger partial charge is 0.237 e. The van der Waals surface area contributed by atoms with Crippen LogP contribution in [-0.4, -0.2) is 228 Å². The minimum atomic E-state index is -1.90. The zero-order valence-corrected chi connectivity index (χ0v) is 43.2. The average Bonchev–Trinajstić information content (AvgIpc) is 3.39. The molecule has 1 aliphatic carbocycles. The number of aliphatic imine (C=N–C) groups is 4. The third kappa shape index (κ3) is 22.3. The van der Waals surface area contributed by atoms with Crippen molar-refractivity contribution in [1.82, 2.24) is 37.9 Å². The molecule has 1 amide bonds. The second kappa shape index (κ2) is 34.7. The number of carbonyl (C=O) groups is 4. The van der Waals surface area contributed by atoms with Crippen molar-refractivity contribution in [2.75, 3.05) is 39.3 Å². The molecule has 3 aliphatic rings. The van der Waals surface area contributed by atoms with Crippen LogP contribution >= 0.6 is 0 Å². The van der Waals surface area contributed by atoms with E-state index in [0.29, 0.717) is 51.0 Å². The number of aliphatic hydroxyl groups excluding tert-OH is 6. The first-order valence-electron chi connectivity index (χ1n) is 25.4. The number of aldehydes is 3. The molecule has 3 rings (SSSR count). The van der Waals surface area contributed by atoms with E-state index in [1.807, 2.05) is 0 Å². The van der Waals surface area contributed by atoms with Gasteiger partial charge in [0.1, 0.15) is 67.7 Å². The Kier molecular flexibility index (Phi) is 29.8. The first kappa shape index (κ1) is 66.2. The maximum absolute atomic E-state index is 13.4. The van der Waals surface area contributed by atoms with Crippen molar-refractivity contribution in [2.24, 2.45) is 77.5 Å². The molecule has 31 N–H and O–H groups in total. The maximum atomic E-state index is 13.4. The summed E-state index contributed by atoms with van der Waals surface area (Å²) in [6.07, 6.45) is -13.2. The summed E-state index contributed by atoms with van der Waals surface area (Å²) in [5.74, 6) is -2.25. The molecule has 0 radical (unpaired) electrons. The normalized spacial score (nSPS) is 30.8. The molecule has 34 nitrogen and oxygen atoms in total. The van der Waals surface area contributed by atoms with E-state index in [2.05, 4.69) is 57.8 Å². The van der Waals surface area contributed by atoms with E-state index < -0.39 is 128 Å². The molecule has 77 heavy (non-hydrogen) atoms. The number of carbonyl (C=O) groups excluding carboxylic acids is 4. The molecular formula is C43H86N20O14. The van der Waals surface area contributed by atoms with E-state index in [0.717, 1.165) is 0 Å². The predicted octanol–water partition coefficient (Wildman–Crippen LogP) is -11.2. The number of aliphatic hydroxyl groups is 6. The summed E-state index contributed by atoms with van der Waals surface area (Å²) in [6, 6.07) is -7.34. The third-order valence-electron chi connectivity index (χ3n) is 13.0. The minimum Gasteiger partial charge on any atom is -0.394 e. The first-order chi connectivity index (χ1) is 36.6. The molecule has 2 aliphatic heterocycles. The topological polar surface area (TPSA) is 594 Å². The number of ether oxygens (including phenoxy) is 4. The Bertz CT molecular complexity index is 1890. The van der Waals surface area contributed by atoms with Crippen LogP contribution in [0, 0.1) is 5.92 Å². The lowest BCUT2D eigenvalue weighted by molar-refractivity contribution is -0.330. The van der Waals surface area contributed by atoms with Crippen molar-refractivity contribution in [2.45, 2.75) is 175 Å². The SMILES string of the molecule is CC1C(O)C(CNN[C@@H](C=O)CCCN=C(N)N)OC(OC2C(NN[C@@H](C=O)CCCN=C(N)N)CC(NN[C@@H](C=O)CCCN=C(N)N)C(OC3OC(CO)C(O)C(NC(=O)[C@@H](N)CCCN=C(N)N)C3O)C2O)C1O. The van der Waals surface area contributed by atoms with Crippen LogP contribution in [0.25, 0.3) is 0 Å². The summed E-state index contributed by atoms with van der Waals surface area (Å²) in [4.78, 5) is 65.6. The van der Waals surface area contributed by atoms with Crippen LogP contribution in [0.15, 0.2) is 20.0 Å². The molecule has 0 spiro atoms. The molecule has 34 heteroatoms. The van der Waals surface area contributed by atoms with Gasteiger partial charge in [0.15, 0.2) is 36.4 Å². The lowest BCUT2D eigenvalue weighted by Crippen LogP contribution is -2.72. The number of nitrogens with two attached hydrogens (primary N) is 9. The van der Waals surface area contributed by atoms with Gasteiger partial charge in [-0.1, -0.05) is 6.92 Å². The Labute approximate surface area is 445 Å². The Morgan fingerprint density at radius 1 is 0.597 bits per heavy atom. The number of rotatable bonds is 36. The second-order valence-electron chi connectivity index (χ2n) is 19.0. The number of hydrazine groups is 3. The molecule has 1 saturated carbocycles. The number of nitrogens with zero attached hydrogens (tertiary/aromatic N) is 4. The fourth-order valence-corrected chi connectivity index (χ4v) is 8.64. The summed E-state index contributed by atoms with van der Waals surface area (Å²) in [5, 5.41) is 71.4. The van der Waals surface area contributed by atoms with Crippen molar-refractivity contribution >= 4 is 48.6 Å². The molecule has 15 unspecified atom stereocenters. The summed E-state index contributed by atoms with van der Waals surface area (Å²) in [7, 11) is 0. The molecular weight excluding hydrogens is 1020 g/mol. The van der Waals surface area contributed by atoms with Crippen molar-refractivity contribution < 1.29 is 68.8 Å². The Hall–Kier alpha value is -5.12. The van der Waals surface area contributed by atoms with Gasteiger partial charge >= 0.3 is 0 Å². The van der Waals surface area contributed by atoms with Gasteiger partial charge in [0, 0.05) is 38.6 Å². The van der Waals surface area contributed by atoms with Gasteiger partial charge in [-0.05, 0) is 57.8 Å². The highest BCUT2D eigenvalue weighted by atomic mass is 16.7. The number of hydrogen-bond acceptors (Lipinski definition) is 25. The van der Waals surface area contributed by atoms with Gasteiger partial charge < -0.3 is 121 Å². The van der Waals surface area contributed by atoms with Crippen LogP contribution in [0.5, 0.6) is 0 Å². The average molecular weight is 1110 g/mol. The largest absolute Gasteiger partial charge is 0.394 e. The van der Waals surface area contributed by atoms with Gasteiger partial charge in [-0.2, -0.15) is 0 Å². The highest BCUT2D eigenvalue weighted by molar-refractivity contribution is 5.82. The van der Waals surface area contributed by atoms with Gasteiger partial charge in [-0.3, -0.25) is 41.0 Å². The second-order valence-corrected chi connectivity index (χ2v) is 19.0. The van der Waals surface area contributed by atoms with Gasteiger partial charge in [-0.25, -0.2) is 16.3 Å². The number of amides is 1. The minimum absolute atomic E-state index is 0.0936. The van der Waals surface area contributed by atoms with E-state index in [-0.39, 0.29) is 82.2 Å². The zero-order valence-electron chi connectivity index (χ0n) is 43.2. The van der Waals surface area contributed by atoms with Crippen molar-refractivity contribution in [3.05, 3.63) is 0 Å². The molecule has 2 heterocycles. The predicted molar refractivity (Wildman–Crippen MR) is 278 cm³/mol. The molecule has 0 aromatic heterocycles. The Morgan fingerprint density at radius 2 is 1.01 bits per heavy atom. The lowest BCUT2D eigenvalue weighted by Gasteiger charge is -2.50. The number of hydrogen-bond donors (Lipinski definition) is 22. The van der Waals surface area contributed by atoms with Crippen LogP contribution in [0.3, 0.4) is 0 Å². The van der Waals surface area contributed by atoms with E-state index >= 15 is 0 Å². The molecule has 0 aromatic rings. The zero-order chi connectivity index (χ0) is 57.2. The molecule has 0 aromatic carbocycles. The monoisotopic (exact) mass is 1110 g/mol. The van der Waals surface area contributed by atoms with Gasteiger partial charge in [-0.15, -0.1) is 0 Å². The molecule has 2 saturated heterocycles. The van der Waals surface area contributed by atoms with Crippen molar-refractivity contribution in [3.63, 3.8) is 0 Å². The standard InChI is InChI=1S/C43H86N20O14/c1-20-30(68)27(15-57-59-21(16-64)6-2-10-53-40(45)46)74-38(31(20)69)76-35-25(62-60-22(17-65)7-3-11-54-41(47)48)14-26(63-61-23(18-66)8-4-12-55-42(49)50)36(34(35)72)77-39-33(71)29(32(70)28(19-67)75-39)58-37(73)24(44)9-5-13-56-43(51)52/h16-18,20-36,38-39,57,59-63,67-72H,2-15,19,44H2,1H3,(H,58,73)(H4,45,46,53)(H4,47,48,54)(H4,49,50,55)(H4,51,52,56)/t20?,21-,22-,23-,24+,25?,26?,27?,28?,29?,30?,31?,32?,33?,34?,35?,36?,38?,39?/m1/s1.